The van der Waals surface area contributed by atoms with Crippen LogP contribution in [-0.2, 0) is 16.1 Å². The number of aliphatic carboxylic acids is 1. The Labute approximate surface area is 110 Å². The lowest BCUT2D eigenvalue weighted by atomic mass is 10.0. The maximum Gasteiger partial charge on any atom is 0.408 e. The smallest absolute Gasteiger partial charge is 0.408 e. The fourth-order valence-corrected chi connectivity index (χ4v) is 1.41. The number of rotatable bonds is 5. The van der Waals surface area contributed by atoms with E-state index in [0.29, 0.717) is 0 Å². The summed E-state index contributed by atoms with van der Waals surface area (Å²) in [6.45, 7) is 2.14. The quantitative estimate of drug-likeness (QED) is 0.858. The van der Waals surface area contributed by atoms with Crippen molar-refractivity contribution in [1.29, 1.82) is 0 Å². The number of hydrogen-bond donors (Lipinski definition) is 2. The number of hydrogen-bond acceptors (Lipinski definition) is 3. The maximum absolute atomic E-state index is 13.6. The van der Waals surface area contributed by atoms with Crippen LogP contribution in [0.25, 0.3) is 0 Å². The Kier molecular flexibility index (Phi) is 4.86. The second kappa shape index (κ2) is 6.17. The molecule has 0 fully saturated rings. The van der Waals surface area contributed by atoms with Gasteiger partial charge < -0.3 is 15.2 Å². The van der Waals surface area contributed by atoms with E-state index in [0.717, 1.165) is 19.4 Å². The minimum atomic E-state index is -2.09. The molecule has 1 amide bonds. The van der Waals surface area contributed by atoms with Gasteiger partial charge in [-0.1, -0.05) is 30.3 Å². The van der Waals surface area contributed by atoms with Gasteiger partial charge in [-0.25, -0.2) is 14.0 Å². The van der Waals surface area contributed by atoms with Crippen LogP contribution in [0.15, 0.2) is 30.3 Å². The molecule has 0 aliphatic heterocycles. The summed E-state index contributed by atoms with van der Waals surface area (Å²) in [6.07, 6.45) is -0.970. The van der Waals surface area contributed by atoms with E-state index >= 15 is 0 Å². The number of ether oxygens (including phenoxy) is 1. The number of carbonyl (C=O) groups is 2. The van der Waals surface area contributed by atoms with Crippen molar-refractivity contribution in [2.24, 2.45) is 0 Å². The van der Waals surface area contributed by atoms with Gasteiger partial charge in [0.25, 0.3) is 0 Å². The number of halogens is 1. The molecule has 0 spiro atoms. The molecule has 0 aromatic heterocycles. The second-order valence-electron chi connectivity index (χ2n) is 4.54. The molecule has 2 N–H and O–H groups in total. The van der Waals surface area contributed by atoms with Crippen LogP contribution in [0, 0.1) is 0 Å². The normalized spacial score (nSPS) is 12.6. The fourth-order valence-electron chi connectivity index (χ4n) is 1.41. The Bertz CT molecular complexity index is 442. The Balaban J connectivity index is 2.52. The maximum atomic E-state index is 13.6. The van der Waals surface area contributed by atoms with E-state index < -0.39 is 23.8 Å². The number of nitrogens with one attached hydrogen (secondary N) is 1. The molecule has 104 valence electrons. The number of alkyl carbamates (subject to hydrolysis) is 1. The molecule has 1 aromatic carbocycles. The zero-order valence-corrected chi connectivity index (χ0v) is 10.7. The first-order chi connectivity index (χ1) is 8.80. The SMILES string of the molecule is CC(C)(F)[C@H](NC(=O)OCc1ccccc1)C(=O)O. The van der Waals surface area contributed by atoms with E-state index in [1.54, 1.807) is 24.3 Å². The van der Waals surface area contributed by atoms with Crippen molar-refractivity contribution in [2.45, 2.75) is 32.2 Å². The summed E-state index contributed by atoms with van der Waals surface area (Å²) in [6, 6.07) is 7.22. The summed E-state index contributed by atoms with van der Waals surface area (Å²) in [5.74, 6) is -1.45. The van der Waals surface area contributed by atoms with Crippen molar-refractivity contribution in [3.8, 4) is 0 Å². The van der Waals surface area contributed by atoms with Gasteiger partial charge in [0, 0.05) is 0 Å². The third-order valence-corrected chi connectivity index (χ3v) is 2.41. The number of carboxylic acid groups (broad SMARTS) is 1. The number of benzene rings is 1. The minimum Gasteiger partial charge on any atom is -0.480 e. The standard InChI is InChI=1S/C13H16FNO4/c1-13(2,14)10(11(16)17)15-12(18)19-8-9-6-4-3-5-7-9/h3-7,10H,8H2,1-2H3,(H,15,18)(H,16,17)/t10-/m1/s1. The van der Waals surface area contributed by atoms with Gasteiger partial charge >= 0.3 is 12.1 Å². The molecule has 0 heterocycles. The van der Waals surface area contributed by atoms with Crippen LogP contribution in [0.5, 0.6) is 0 Å². The van der Waals surface area contributed by atoms with E-state index in [9.17, 15) is 14.0 Å². The highest BCUT2D eigenvalue weighted by Crippen LogP contribution is 2.15. The van der Waals surface area contributed by atoms with Crippen molar-refractivity contribution < 1.29 is 23.8 Å². The molecule has 0 bridgehead atoms. The number of alkyl halides is 1. The third kappa shape index (κ3) is 4.95. The van der Waals surface area contributed by atoms with E-state index in [1.807, 2.05) is 11.4 Å². The molecule has 0 saturated carbocycles. The van der Waals surface area contributed by atoms with Crippen LogP contribution in [-0.4, -0.2) is 28.9 Å². The summed E-state index contributed by atoms with van der Waals surface area (Å²) in [7, 11) is 0. The molecule has 5 nitrogen and oxygen atoms in total. The van der Waals surface area contributed by atoms with Crippen LogP contribution in [0.3, 0.4) is 0 Å². The fraction of sp³-hybridized carbons (Fsp3) is 0.385. The van der Waals surface area contributed by atoms with Crippen molar-refractivity contribution >= 4 is 12.1 Å². The Hall–Kier alpha value is -2.11. The Morgan fingerprint density at radius 1 is 1.37 bits per heavy atom. The molecule has 1 aromatic rings. The van der Waals surface area contributed by atoms with Crippen LogP contribution >= 0.6 is 0 Å². The third-order valence-electron chi connectivity index (χ3n) is 2.41. The average Bonchev–Trinajstić information content (AvgIpc) is 2.33. The van der Waals surface area contributed by atoms with E-state index in [-0.39, 0.29) is 6.61 Å². The molecular weight excluding hydrogens is 253 g/mol. The van der Waals surface area contributed by atoms with Gasteiger partial charge in [0.2, 0.25) is 0 Å². The summed E-state index contributed by atoms with van der Waals surface area (Å²) < 4.78 is 18.4. The first-order valence-electron chi connectivity index (χ1n) is 5.69. The summed E-state index contributed by atoms with van der Waals surface area (Å²) in [5, 5.41) is 10.8. The molecule has 1 rings (SSSR count). The van der Waals surface area contributed by atoms with Gasteiger partial charge in [-0.15, -0.1) is 0 Å². The van der Waals surface area contributed by atoms with Gasteiger partial charge in [-0.3, -0.25) is 0 Å². The van der Waals surface area contributed by atoms with Crippen LogP contribution in [0.2, 0.25) is 0 Å². The monoisotopic (exact) mass is 269 g/mol. The molecule has 19 heavy (non-hydrogen) atoms. The molecule has 6 heteroatoms. The highest BCUT2D eigenvalue weighted by atomic mass is 19.1. The minimum absolute atomic E-state index is 0.00821. The van der Waals surface area contributed by atoms with Gasteiger partial charge in [0.1, 0.15) is 12.3 Å². The molecule has 0 radical (unpaired) electrons. The summed E-state index contributed by atoms with van der Waals surface area (Å²) in [4.78, 5) is 22.3. The lowest BCUT2D eigenvalue weighted by molar-refractivity contribution is -0.142. The van der Waals surface area contributed by atoms with E-state index in [1.165, 1.54) is 0 Å². The Morgan fingerprint density at radius 3 is 2.42 bits per heavy atom. The lowest BCUT2D eigenvalue weighted by Crippen LogP contribution is -2.52. The predicted molar refractivity (Wildman–Crippen MR) is 66.4 cm³/mol. The molecule has 0 unspecified atom stereocenters. The van der Waals surface area contributed by atoms with Crippen molar-refractivity contribution in [1.82, 2.24) is 5.32 Å². The number of carbonyl (C=O) groups excluding carboxylic acids is 1. The van der Waals surface area contributed by atoms with Crippen molar-refractivity contribution in [3.63, 3.8) is 0 Å². The second-order valence-corrected chi connectivity index (χ2v) is 4.54. The molecule has 0 saturated heterocycles. The average molecular weight is 269 g/mol. The zero-order valence-electron chi connectivity index (χ0n) is 10.7. The Morgan fingerprint density at radius 2 is 1.95 bits per heavy atom. The molecule has 0 aliphatic rings. The summed E-state index contributed by atoms with van der Waals surface area (Å²) in [5.41, 5.74) is -1.33. The number of amides is 1. The van der Waals surface area contributed by atoms with Crippen molar-refractivity contribution in [2.75, 3.05) is 0 Å². The van der Waals surface area contributed by atoms with E-state index in [2.05, 4.69) is 0 Å². The number of carboxylic acids is 1. The zero-order chi connectivity index (χ0) is 14.5. The van der Waals surface area contributed by atoms with Gasteiger partial charge in [0.15, 0.2) is 6.04 Å². The van der Waals surface area contributed by atoms with E-state index in [4.69, 9.17) is 9.84 Å². The first kappa shape index (κ1) is 14.9. The van der Waals surface area contributed by atoms with Gasteiger partial charge in [-0.05, 0) is 19.4 Å². The predicted octanol–water partition coefficient (Wildman–Crippen LogP) is 2.11. The molecular formula is C13H16FNO4. The van der Waals surface area contributed by atoms with Crippen LogP contribution in [0.4, 0.5) is 9.18 Å². The van der Waals surface area contributed by atoms with Crippen molar-refractivity contribution in [3.05, 3.63) is 35.9 Å². The topological polar surface area (TPSA) is 75.6 Å². The van der Waals surface area contributed by atoms with Gasteiger partial charge in [-0.2, -0.15) is 0 Å². The molecule has 0 aliphatic carbocycles. The first-order valence-corrected chi connectivity index (χ1v) is 5.69. The van der Waals surface area contributed by atoms with Gasteiger partial charge in [0.05, 0.1) is 0 Å². The van der Waals surface area contributed by atoms with Crippen LogP contribution < -0.4 is 5.32 Å². The largest absolute Gasteiger partial charge is 0.480 e. The lowest BCUT2D eigenvalue weighted by Gasteiger charge is -2.23. The highest BCUT2D eigenvalue weighted by molar-refractivity contribution is 5.81. The summed E-state index contributed by atoms with van der Waals surface area (Å²) >= 11 is 0. The van der Waals surface area contributed by atoms with Crippen LogP contribution in [0.1, 0.15) is 19.4 Å². The highest BCUT2D eigenvalue weighted by Gasteiger charge is 2.37. The molecule has 1 atom stereocenters.